The van der Waals surface area contributed by atoms with Crippen LogP contribution in [0.2, 0.25) is 0 Å². The Hall–Kier alpha value is -1.66. The third-order valence-electron chi connectivity index (χ3n) is 3.00. The number of aromatic nitrogens is 1. The summed E-state index contributed by atoms with van der Waals surface area (Å²) in [5, 5.41) is 6.44. The maximum Gasteiger partial charge on any atom is 0.239 e. The van der Waals surface area contributed by atoms with Crippen LogP contribution in [0.4, 0.5) is 5.82 Å². The lowest BCUT2D eigenvalue weighted by atomic mass is 10.1. The molecule has 2 aromatic rings. The summed E-state index contributed by atoms with van der Waals surface area (Å²) < 4.78 is 5.97. The molecule has 0 unspecified atom stereocenters. The number of nitrogens with zero attached hydrogens (tertiary/aromatic N) is 2. The van der Waals surface area contributed by atoms with E-state index in [0.717, 1.165) is 17.4 Å². The number of benzene rings is 1. The van der Waals surface area contributed by atoms with Crippen molar-refractivity contribution < 1.29 is 9.32 Å². The molecule has 0 saturated heterocycles. The molecule has 0 radical (unpaired) electrons. The predicted molar refractivity (Wildman–Crippen MR) is 85.2 cm³/mol. The van der Waals surface area contributed by atoms with Gasteiger partial charge in [-0.15, -0.1) is 0 Å². The van der Waals surface area contributed by atoms with E-state index < -0.39 is 0 Å². The zero-order chi connectivity index (χ0) is 15.2. The fraction of sp³-hybridized carbons (Fsp3) is 0.333. The monoisotopic (exact) mass is 351 g/mol. The highest BCUT2D eigenvalue weighted by Gasteiger charge is 2.09. The van der Waals surface area contributed by atoms with E-state index in [9.17, 15) is 4.79 Å². The van der Waals surface area contributed by atoms with Crippen LogP contribution in [0.5, 0.6) is 0 Å². The molecule has 0 bridgehead atoms. The molecule has 0 aliphatic rings. The Bertz CT molecular complexity index is 595. The number of hydrogen-bond acceptors (Lipinski definition) is 4. The first-order valence-electron chi connectivity index (χ1n) is 6.69. The summed E-state index contributed by atoms with van der Waals surface area (Å²) in [6, 6.07) is 9.90. The largest absolute Gasteiger partial charge is 0.360 e. The van der Waals surface area contributed by atoms with Crippen LogP contribution in [0.25, 0.3) is 0 Å². The summed E-state index contributed by atoms with van der Waals surface area (Å²) >= 11 is 3.41. The smallest absolute Gasteiger partial charge is 0.239 e. The lowest BCUT2D eigenvalue weighted by Crippen LogP contribution is -2.31. The minimum Gasteiger partial charge on any atom is -0.360 e. The van der Waals surface area contributed by atoms with Gasteiger partial charge in [-0.2, -0.15) is 0 Å². The fourth-order valence-electron chi connectivity index (χ4n) is 1.90. The fourth-order valence-corrected chi connectivity index (χ4v) is 2.17. The average molecular weight is 352 g/mol. The lowest BCUT2D eigenvalue weighted by molar-refractivity contribution is -0.117. The Balaban J connectivity index is 1.74. The molecule has 112 valence electrons. The molecule has 0 fully saturated rings. The van der Waals surface area contributed by atoms with Gasteiger partial charge in [0.05, 0.1) is 6.54 Å². The lowest BCUT2D eigenvalue weighted by Gasteiger charge is -2.15. The van der Waals surface area contributed by atoms with Gasteiger partial charge in [0.2, 0.25) is 5.91 Å². The number of carbonyl (C=O) groups excluding carboxylic acids is 1. The molecule has 1 aromatic heterocycles. The molecule has 2 rings (SSSR count). The van der Waals surface area contributed by atoms with E-state index in [1.807, 2.05) is 24.1 Å². The van der Waals surface area contributed by atoms with E-state index in [2.05, 4.69) is 38.5 Å². The normalized spacial score (nSPS) is 10.9. The summed E-state index contributed by atoms with van der Waals surface area (Å²) in [5.74, 6) is 1.04. The van der Waals surface area contributed by atoms with Crippen molar-refractivity contribution in [3.8, 4) is 0 Å². The van der Waals surface area contributed by atoms with Crippen molar-refractivity contribution >= 4 is 27.7 Å². The van der Waals surface area contributed by atoms with E-state index in [1.54, 1.807) is 13.0 Å². The summed E-state index contributed by atoms with van der Waals surface area (Å²) in [5.41, 5.74) is 1.25. The molecular weight excluding hydrogens is 334 g/mol. The molecule has 0 aliphatic heterocycles. The van der Waals surface area contributed by atoms with Crippen molar-refractivity contribution in [1.82, 2.24) is 10.1 Å². The number of hydrogen-bond donors (Lipinski definition) is 1. The minimum absolute atomic E-state index is 0.0957. The zero-order valence-electron chi connectivity index (χ0n) is 12.1. The van der Waals surface area contributed by atoms with Gasteiger partial charge in [0.15, 0.2) is 5.82 Å². The highest BCUT2D eigenvalue weighted by molar-refractivity contribution is 9.10. The van der Waals surface area contributed by atoms with Crippen molar-refractivity contribution in [2.75, 3.05) is 25.5 Å². The molecule has 1 aromatic carbocycles. The third kappa shape index (κ3) is 5.32. The van der Waals surface area contributed by atoms with E-state index in [4.69, 9.17) is 4.52 Å². The van der Waals surface area contributed by atoms with Gasteiger partial charge in [0, 0.05) is 17.1 Å². The van der Waals surface area contributed by atoms with Crippen LogP contribution in [0.15, 0.2) is 39.3 Å². The molecule has 21 heavy (non-hydrogen) atoms. The average Bonchev–Trinajstić information content (AvgIpc) is 2.83. The predicted octanol–water partition coefficient (Wildman–Crippen LogP) is 2.86. The van der Waals surface area contributed by atoms with E-state index in [0.29, 0.717) is 18.1 Å². The van der Waals surface area contributed by atoms with E-state index in [-0.39, 0.29) is 5.91 Å². The molecule has 1 amide bonds. The first-order valence-corrected chi connectivity index (χ1v) is 7.48. The molecule has 5 nitrogen and oxygen atoms in total. The van der Waals surface area contributed by atoms with Crippen LogP contribution >= 0.6 is 15.9 Å². The number of halogens is 1. The van der Waals surface area contributed by atoms with Crippen LogP contribution in [-0.2, 0) is 11.2 Å². The molecule has 6 heteroatoms. The van der Waals surface area contributed by atoms with Crippen LogP contribution in [-0.4, -0.2) is 36.1 Å². The first-order chi connectivity index (χ1) is 10.0. The zero-order valence-corrected chi connectivity index (χ0v) is 13.7. The number of likely N-dealkylation sites (N-methyl/N-ethyl adjacent to an activating group) is 1. The van der Waals surface area contributed by atoms with Crippen LogP contribution in [0, 0.1) is 6.92 Å². The van der Waals surface area contributed by atoms with Gasteiger partial charge in [-0.3, -0.25) is 9.69 Å². The highest BCUT2D eigenvalue weighted by Crippen LogP contribution is 2.11. The Labute approximate surface area is 132 Å². The van der Waals surface area contributed by atoms with Gasteiger partial charge in [0.25, 0.3) is 0 Å². The van der Waals surface area contributed by atoms with Crippen molar-refractivity contribution in [3.63, 3.8) is 0 Å². The van der Waals surface area contributed by atoms with Crippen LogP contribution in [0.1, 0.15) is 11.3 Å². The first kappa shape index (κ1) is 15.7. The molecule has 0 saturated carbocycles. The number of aryl methyl sites for hydroxylation is 1. The highest BCUT2D eigenvalue weighted by atomic mass is 79.9. The summed E-state index contributed by atoms with van der Waals surface area (Å²) in [7, 11) is 1.92. The standard InChI is InChI=1S/C15H18BrN3O2/c1-11-9-14(18-21-11)17-15(20)10-19(2)8-7-12-3-5-13(16)6-4-12/h3-6,9H,7-8,10H2,1-2H3,(H,17,18,20). The second-order valence-electron chi connectivity index (χ2n) is 4.99. The molecule has 1 heterocycles. The van der Waals surface area contributed by atoms with Crippen LogP contribution in [0.3, 0.4) is 0 Å². The van der Waals surface area contributed by atoms with Gasteiger partial charge in [-0.05, 0) is 38.1 Å². The number of anilines is 1. The number of nitrogens with one attached hydrogen (secondary N) is 1. The quantitative estimate of drug-likeness (QED) is 0.869. The van der Waals surface area contributed by atoms with Gasteiger partial charge in [0.1, 0.15) is 5.76 Å². The Kier molecular flexibility index (Phi) is 5.52. The summed E-state index contributed by atoms with van der Waals surface area (Å²) in [6.07, 6.45) is 0.903. The number of amides is 1. The summed E-state index contributed by atoms with van der Waals surface area (Å²) in [4.78, 5) is 13.8. The van der Waals surface area contributed by atoms with Crippen LogP contribution < -0.4 is 5.32 Å². The second kappa shape index (κ2) is 7.38. The SMILES string of the molecule is Cc1cc(NC(=O)CN(C)CCc2ccc(Br)cc2)no1. The molecule has 0 spiro atoms. The van der Waals surface area contributed by atoms with Crippen molar-refractivity contribution in [2.45, 2.75) is 13.3 Å². The maximum absolute atomic E-state index is 11.8. The van der Waals surface area contributed by atoms with Crippen molar-refractivity contribution in [1.29, 1.82) is 0 Å². The maximum atomic E-state index is 11.8. The molecule has 0 aliphatic carbocycles. The van der Waals surface area contributed by atoms with E-state index >= 15 is 0 Å². The third-order valence-corrected chi connectivity index (χ3v) is 3.53. The van der Waals surface area contributed by atoms with Gasteiger partial charge >= 0.3 is 0 Å². The van der Waals surface area contributed by atoms with Gasteiger partial charge < -0.3 is 9.84 Å². The Morgan fingerprint density at radius 2 is 2.10 bits per heavy atom. The topological polar surface area (TPSA) is 58.4 Å². The minimum atomic E-state index is -0.0957. The van der Waals surface area contributed by atoms with Crippen molar-refractivity contribution in [3.05, 3.63) is 46.1 Å². The van der Waals surface area contributed by atoms with E-state index in [1.165, 1.54) is 5.56 Å². The number of carbonyl (C=O) groups is 1. The Morgan fingerprint density at radius 1 is 1.38 bits per heavy atom. The Morgan fingerprint density at radius 3 is 2.71 bits per heavy atom. The van der Waals surface area contributed by atoms with Gasteiger partial charge in [-0.1, -0.05) is 33.2 Å². The molecular formula is C15H18BrN3O2. The van der Waals surface area contributed by atoms with Crippen molar-refractivity contribution in [2.24, 2.45) is 0 Å². The van der Waals surface area contributed by atoms with Gasteiger partial charge in [-0.25, -0.2) is 0 Å². The number of rotatable bonds is 6. The second-order valence-corrected chi connectivity index (χ2v) is 5.90. The summed E-state index contributed by atoms with van der Waals surface area (Å²) in [6.45, 7) is 2.92. The molecule has 0 atom stereocenters. The molecule has 1 N–H and O–H groups in total.